The molecule has 2 aliphatic rings. The number of benzene rings is 1. The van der Waals surface area contributed by atoms with Crippen LogP contribution in [0.3, 0.4) is 0 Å². The van der Waals surface area contributed by atoms with E-state index in [1.807, 2.05) is 47.4 Å². The van der Waals surface area contributed by atoms with Gasteiger partial charge in [-0.1, -0.05) is 30.3 Å². The van der Waals surface area contributed by atoms with Crippen LogP contribution in [0.4, 0.5) is 16.3 Å². The number of anilines is 2. The van der Waals surface area contributed by atoms with Crippen molar-refractivity contribution in [2.45, 2.75) is 25.0 Å². The van der Waals surface area contributed by atoms with Crippen molar-refractivity contribution in [2.75, 3.05) is 30.3 Å². The fraction of sp³-hybridized carbons (Fsp3) is 0.368. The summed E-state index contributed by atoms with van der Waals surface area (Å²) in [5, 5.41) is 0. The molecule has 4 rings (SSSR count). The fourth-order valence-corrected chi connectivity index (χ4v) is 3.44. The van der Waals surface area contributed by atoms with Gasteiger partial charge in [-0.3, -0.25) is 4.90 Å². The monoisotopic (exact) mass is 338 g/mol. The van der Waals surface area contributed by atoms with E-state index in [2.05, 4.69) is 9.88 Å². The molecule has 1 aromatic heterocycles. The van der Waals surface area contributed by atoms with Crippen LogP contribution in [-0.4, -0.2) is 41.2 Å². The van der Waals surface area contributed by atoms with Gasteiger partial charge in [0.1, 0.15) is 12.4 Å². The number of carbonyl (C=O) groups is 1. The number of carbonyl (C=O) groups excluding carboxylic acids is 1. The van der Waals surface area contributed by atoms with Crippen molar-refractivity contribution >= 4 is 17.6 Å². The van der Waals surface area contributed by atoms with E-state index in [9.17, 15) is 4.79 Å². The first-order valence-corrected chi connectivity index (χ1v) is 8.61. The van der Waals surface area contributed by atoms with Crippen LogP contribution in [-0.2, 0) is 11.3 Å². The molecule has 1 aromatic carbocycles. The second-order valence-corrected chi connectivity index (χ2v) is 6.78. The van der Waals surface area contributed by atoms with E-state index in [0.29, 0.717) is 19.0 Å². The van der Waals surface area contributed by atoms with Gasteiger partial charge in [-0.2, -0.15) is 0 Å². The van der Waals surface area contributed by atoms with Gasteiger partial charge in [-0.25, -0.2) is 9.78 Å². The first-order valence-electron chi connectivity index (χ1n) is 8.61. The summed E-state index contributed by atoms with van der Waals surface area (Å²) in [6.45, 7) is 2.57. The van der Waals surface area contributed by atoms with Gasteiger partial charge in [0.05, 0.1) is 17.4 Å². The highest BCUT2D eigenvalue weighted by Gasteiger charge is 2.54. The summed E-state index contributed by atoms with van der Waals surface area (Å²) in [4.78, 5) is 20.9. The molecule has 0 bridgehead atoms. The van der Waals surface area contributed by atoms with Crippen molar-refractivity contribution in [3.05, 3.63) is 54.2 Å². The highest BCUT2D eigenvalue weighted by atomic mass is 16.6. The van der Waals surface area contributed by atoms with Crippen molar-refractivity contribution in [3.63, 3.8) is 0 Å². The lowest BCUT2D eigenvalue weighted by Gasteiger charge is -2.42. The number of nitrogen functional groups attached to an aromatic ring is 1. The van der Waals surface area contributed by atoms with Gasteiger partial charge >= 0.3 is 6.09 Å². The Bertz CT molecular complexity index is 744. The second kappa shape index (κ2) is 6.27. The van der Waals surface area contributed by atoms with E-state index in [4.69, 9.17) is 10.5 Å². The molecule has 2 aromatic rings. The largest absolute Gasteiger partial charge is 0.445 e. The van der Waals surface area contributed by atoms with E-state index in [1.165, 1.54) is 0 Å². The predicted molar refractivity (Wildman–Crippen MR) is 96.2 cm³/mol. The highest BCUT2D eigenvalue weighted by molar-refractivity contribution is 5.70. The van der Waals surface area contributed by atoms with Crippen LogP contribution < -0.4 is 10.6 Å². The van der Waals surface area contributed by atoms with Crippen LogP contribution in [0.25, 0.3) is 0 Å². The summed E-state index contributed by atoms with van der Waals surface area (Å²) in [7, 11) is 0. The number of ether oxygens (including phenoxy) is 1. The molecule has 6 heteroatoms. The van der Waals surface area contributed by atoms with E-state index in [1.54, 1.807) is 6.20 Å². The number of rotatable bonds is 3. The Morgan fingerprint density at radius 1 is 1.16 bits per heavy atom. The lowest BCUT2D eigenvalue weighted by molar-refractivity contribution is 0.0702. The van der Waals surface area contributed by atoms with Gasteiger partial charge in [0, 0.05) is 19.6 Å². The van der Waals surface area contributed by atoms with Gasteiger partial charge in [0.15, 0.2) is 0 Å². The molecule has 2 N–H and O–H groups in total. The summed E-state index contributed by atoms with van der Waals surface area (Å²) in [6, 6.07) is 13.6. The van der Waals surface area contributed by atoms with E-state index in [0.717, 1.165) is 37.2 Å². The lowest BCUT2D eigenvalue weighted by atomic mass is 10.1. The minimum Gasteiger partial charge on any atom is -0.445 e. The fourth-order valence-electron chi connectivity index (χ4n) is 3.44. The molecule has 6 nitrogen and oxygen atoms in total. The highest BCUT2D eigenvalue weighted by Crippen LogP contribution is 2.45. The first-order chi connectivity index (χ1) is 12.2. The van der Waals surface area contributed by atoms with Crippen LogP contribution >= 0.6 is 0 Å². The molecule has 0 unspecified atom stereocenters. The lowest BCUT2D eigenvalue weighted by Crippen LogP contribution is -2.57. The van der Waals surface area contributed by atoms with Crippen molar-refractivity contribution in [1.82, 2.24) is 9.88 Å². The Labute approximate surface area is 147 Å². The summed E-state index contributed by atoms with van der Waals surface area (Å²) >= 11 is 0. The third-order valence-electron chi connectivity index (χ3n) is 5.04. The van der Waals surface area contributed by atoms with E-state index < -0.39 is 0 Å². The summed E-state index contributed by atoms with van der Waals surface area (Å²) in [5.41, 5.74) is 7.64. The molecule has 1 aliphatic heterocycles. The van der Waals surface area contributed by atoms with E-state index >= 15 is 0 Å². The maximum atomic E-state index is 12.6. The smallest absolute Gasteiger partial charge is 0.410 e. The zero-order chi connectivity index (χ0) is 17.3. The van der Waals surface area contributed by atoms with Crippen molar-refractivity contribution in [3.8, 4) is 0 Å². The maximum Gasteiger partial charge on any atom is 0.410 e. The van der Waals surface area contributed by atoms with Crippen molar-refractivity contribution < 1.29 is 9.53 Å². The van der Waals surface area contributed by atoms with Gasteiger partial charge in [0.25, 0.3) is 0 Å². The van der Waals surface area contributed by atoms with Crippen LogP contribution in [0.15, 0.2) is 48.7 Å². The molecule has 2 fully saturated rings. The summed E-state index contributed by atoms with van der Waals surface area (Å²) in [5.74, 6) is 0.521. The topological polar surface area (TPSA) is 71.7 Å². The average Bonchev–Trinajstić information content (AvgIpc) is 3.40. The molecule has 1 spiro atoms. The molecule has 1 amide bonds. The molecule has 2 heterocycles. The molecule has 1 aliphatic carbocycles. The number of hydrogen-bond donors (Lipinski definition) is 1. The van der Waals surface area contributed by atoms with Crippen LogP contribution in [0.1, 0.15) is 18.4 Å². The van der Waals surface area contributed by atoms with E-state index in [-0.39, 0.29) is 11.6 Å². The van der Waals surface area contributed by atoms with Crippen LogP contribution in [0.5, 0.6) is 0 Å². The quantitative estimate of drug-likeness (QED) is 0.931. The molecular weight excluding hydrogens is 316 g/mol. The standard InChI is InChI=1S/C19H22N4O2/c20-17-7-6-16(12-21-17)22-10-11-23(19(14-22)8-9-19)18(24)25-13-15-4-2-1-3-5-15/h1-7,12H,8-11,13-14H2,(H2,20,21). The normalized spacial score (nSPS) is 18.2. The Morgan fingerprint density at radius 2 is 1.96 bits per heavy atom. The average molecular weight is 338 g/mol. The van der Waals surface area contributed by atoms with Crippen LogP contribution in [0.2, 0.25) is 0 Å². The number of hydrogen-bond acceptors (Lipinski definition) is 5. The molecule has 25 heavy (non-hydrogen) atoms. The third-order valence-corrected chi connectivity index (χ3v) is 5.04. The maximum absolute atomic E-state index is 12.6. The minimum atomic E-state index is -0.212. The SMILES string of the molecule is Nc1ccc(N2CCN(C(=O)OCc3ccccc3)C3(CC3)C2)cn1. The zero-order valence-corrected chi connectivity index (χ0v) is 14.1. The second-order valence-electron chi connectivity index (χ2n) is 6.78. The summed E-state index contributed by atoms with van der Waals surface area (Å²) < 4.78 is 5.54. The van der Waals surface area contributed by atoms with Crippen molar-refractivity contribution in [2.24, 2.45) is 0 Å². The molecule has 0 atom stereocenters. The van der Waals surface area contributed by atoms with Crippen molar-refractivity contribution in [1.29, 1.82) is 0 Å². The van der Waals surface area contributed by atoms with Gasteiger partial charge in [-0.15, -0.1) is 0 Å². The number of nitrogens with two attached hydrogens (primary N) is 1. The Hall–Kier alpha value is -2.76. The Balaban J connectivity index is 1.39. The summed E-state index contributed by atoms with van der Waals surface area (Å²) in [6.07, 6.45) is 3.63. The van der Waals surface area contributed by atoms with Gasteiger partial charge < -0.3 is 15.4 Å². The number of piperazine rings is 1. The number of aromatic nitrogens is 1. The molecule has 0 radical (unpaired) electrons. The molecule has 130 valence electrons. The number of nitrogens with zero attached hydrogens (tertiary/aromatic N) is 3. The minimum absolute atomic E-state index is 0.0899. The molecule has 1 saturated carbocycles. The third kappa shape index (κ3) is 3.24. The molecular formula is C19H22N4O2. The molecule has 1 saturated heterocycles. The predicted octanol–water partition coefficient (Wildman–Crippen LogP) is 2.66. The zero-order valence-electron chi connectivity index (χ0n) is 14.1. The van der Waals surface area contributed by atoms with Crippen LogP contribution in [0, 0.1) is 0 Å². The Morgan fingerprint density at radius 3 is 2.64 bits per heavy atom. The van der Waals surface area contributed by atoms with Gasteiger partial charge in [-0.05, 0) is 30.5 Å². The number of amides is 1. The first kappa shape index (κ1) is 15.7. The Kier molecular flexibility index (Phi) is 3.95. The van der Waals surface area contributed by atoms with Gasteiger partial charge in [0.2, 0.25) is 0 Å². The number of pyridine rings is 1.